The van der Waals surface area contributed by atoms with Crippen molar-refractivity contribution in [3.05, 3.63) is 29.6 Å². The highest BCUT2D eigenvalue weighted by Crippen LogP contribution is 2.57. The van der Waals surface area contributed by atoms with Crippen LogP contribution < -0.4 is 11.1 Å². The van der Waals surface area contributed by atoms with E-state index in [4.69, 9.17) is 10.8 Å². The van der Waals surface area contributed by atoms with Gasteiger partial charge in [0.05, 0.1) is 0 Å². The van der Waals surface area contributed by atoms with Gasteiger partial charge in [0, 0.05) is 35.8 Å². The van der Waals surface area contributed by atoms with Crippen LogP contribution in [0.2, 0.25) is 0 Å². The number of aliphatic imine (C=N–C) groups is 1. The van der Waals surface area contributed by atoms with Crippen molar-refractivity contribution in [1.82, 2.24) is 5.32 Å². The maximum atomic E-state index is 14.3. The Morgan fingerprint density at radius 3 is 2.91 bits per heavy atom. The number of anilines is 1. The van der Waals surface area contributed by atoms with Crippen molar-refractivity contribution < 1.29 is 23.1 Å². The standard InChI is InChI=1S/C14H14F3N3O2S/c15-10-2-1-8(18)3-9(10)14-6-13(16,17)4-7(14)5-23-11(20-14)19-12(21)22/h1-3,7H,4-6,18H2,(H,19,20)(H,21,22). The molecule has 0 aromatic heterocycles. The third-order valence-corrected chi connectivity index (χ3v) is 5.18. The molecule has 2 aliphatic rings. The summed E-state index contributed by atoms with van der Waals surface area (Å²) in [7, 11) is 0. The molecule has 3 rings (SSSR count). The van der Waals surface area contributed by atoms with Crippen LogP contribution in [0.3, 0.4) is 0 Å². The van der Waals surface area contributed by atoms with Gasteiger partial charge in [0.25, 0.3) is 5.92 Å². The molecule has 1 aromatic carbocycles. The minimum Gasteiger partial charge on any atom is -0.465 e. The topological polar surface area (TPSA) is 87.7 Å². The van der Waals surface area contributed by atoms with Gasteiger partial charge in [-0.05, 0) is 18.2 Å². The lowest BCUT2D eigenvalue weighted by Crippen LogP contribution is -2.40. The number of rotatable bonds is 1. The summed E-state index contributed by atoms with van der Waals surface area (Å²) in [6, 6.07) is 3.77. The molecule has 1 aliphatic carbocycles. The monoisotopic (exact) mass is 345 g/mol. The Morgan fingerprint density at radius 1 is 1.48 bits per heavy atom. The Balaban J connectivity index is 2.15. The largest absolute Gasteiger partial charge is 0.465 e. The number of amides is 1. The van der Waals surface area contributed by atoms with E-state index in [1.165, 1.54) is 12.1 Å². The van der Waals surface area contributed by atoms with Gasteiger partial charge >= 0.3 is 6.09 Å². The predicted molar refractivity (Wildman–Crippen MR) is 81.2 cm³/mol. The summed E-state index contributed by atoms with van der Waals surface area (Å²) in [5.74, 6) is -4.04. The molecule has 0 saturated heterocycles. The normalized spacial score (nSPS) is 28.8. The van der Waals surface area contributed by atoms with Gasteiger partial charge in [-0.25, -0.2) is 23.0 Å². The number of carboxylic acid groups (broad SMARTS) is 1. The Labute approximate surface area is 134 Å². The zero-order chi connectivity index (χ0) is 16.8. The molecule has 1 aliphatic heterocycles. The van der Waals surface area contributed by atoms with Gasteiger partial charge in [0.15, 0.2) is 5.17 Å². The Bertz CT molecular complexity index is 698. The first-order chi connectivity index (χ1) is 10.7. The minimum atomic E-state index is -3.00. The van der Waals surface area contributed by atoms with Gasteiger partial charge < -0.3 is 10.8 Å². The van der Waals surface area contributed by atoms with Gasteiger partial charge in [-0.15, -0.1) is 0 Å². The van der Waals surface area contributed by atoms with Crippen LogP contribution >= 0.6 is 11.8 Å². The second-order valence-electron chi connectivity index (χ2n) is 5.76. The van der Waals surface area contributed by atoms with E-state index in [0.717, 1.165) is 17.8 Å². The fourth-order valence-corrected chi connectivity index (χ4v) is 4.41. The SMILES string of the molecule is Nc1ccc(F)c(C23CC(F)(F)CC2CSC(NC(=O)O)=N3)c1. The number of nitrogens with zero attached hydrogens (tertiary/aromatic N) is 1. The molecule has 1 fully saturated rings. The number of benzene rings is 1. The Morgan fingerprint density at radius 2 is 2.22 bits per heavy atom. The molecule has 0 radical (unpaired) electrons. The third kappa shape index (κ3) is 2.85. The van der Waals surface area contributed by atoms with Crippen LogP contribution in [0.4, 0.5) is 23.7 Å². The van der Waals surface area contributed by atoms with Crippen LogP contribution in [-0.2, 0) is 5.54 Å². The molecule has 1 amide bonds. The van der Waals surface area contributed by atoms with E-state index in [0.29, 0.717) is 0 Å². The average Bonchev–Trinajstić information content (AvgIpc) is 2.71. The molecular formula is C14H14F3N3O2S. The molecule has 1 heterocycles. The number of halogens is 3. The average molecular weight is 345 g/mol. The molecule has 0 spiro atoms. The highest BCUT2D eigenvalue weighted by molar-refractivity contribution is 8.13. The van der Waals surface area contributed by atoms with Crippen molar-refractivity contribution in [3.8, 4) is 0 Å². The molecule has 9 heteroatoms. The lowest BCUT2D eigenvalue weighted by atomic mass is 9.81. The lowest BCUT2D eigenvalue weighted by Gasteiger charge is -2.36. The first-order valence-corrected chi connectivity index (χ1v) is 7.86. The predicted octanol–water partition coefficient (Wildman–Crippen LogP) is 3.02. The van der Waals surface area contributed by atoms with Gasteiger partial charge in [-0.3, -0.25) is 5.32 Å². The van der Waals surface area contributed by atoms with Crippen LogP contribution in [0, 0.1) is 11.7 Å². The van der Waals surface area contributed by atoms with Crippen molar-refractivity contribution in [2.45, 2.75) is 24.3 Å². The summed E-state index contributed by atoms with van der Waals surface area (Å²) < 4.78 is 42.4. The minimum absolute atomic E-state index is 0.00623. The van der Waals surface area contributed by atoms with E-state index in [1.807, 2.05) is 0 Å². The number of nitrogen functional groups attached to an aromatic ring is 1. The molecule has 1 aromatic rings. The van der Waals surface area contributed by atoms with Crippen molar-refractivity contribution >= 4 is 28.7 Å². The Kier molecular flexibility index (Phi) is 3.70. The lowest BCUT2D eigenvalue weighted by molar-refractivity contribution is 0.00149. The molecule has 1 saturated carbocycles. The van der Waals surface area contributed by atoms with Crippen molar-refractivity contribution in [3.63, 3.8) is 0 Å². The third-order valence-electron chi connectivity index (χ3n) is 4.14. The number of hydrogen-bond acceptors (Lipinski definition) is 4. The van der Waals surface area contributed by atoms with Crippen LogP contribution in [0.1, 0.15) is 18.4 Å². The highest BCUT2D eigenvalue weighted by atomic mass is 32.2. The molecule has 2 atom stereocenters. The zero-order valence-corrected chi connectivity index (χ0v) is 12.7. The van der Waals surface area contributed by atoms with Gasteiger partial charge in [-0.1, -0.05) is 11.8 Å². The second-order valence-corrected chi connectivity index (χ2v) is 6.76. The van der Waals surface area contributed by atoms with Gasteiger partial charge in [0.2, 0.25) is 0 Å². The number of hydrogen-bond donors (Lipinski definition) is 3. The number of nitrogens with two attached hydrogens (primary N) is 1. The molecule has 2 unspecified atom stereocenters. The summed E-state index contributed by atoms with van der Waals surface area (Å²) in [4.78, 5) is 15.0. The van der Waals surface area contributed by atoms with Gasteiger partial charge in [-0.2, -0.15) is 0 Å². The van der Waals surface area contributed by atoms with E-state index in [9.17, 15) is 18.0 Å². The molecule has 124 valence electrons. The van der Waals surface area contributed by atoms with E-state index >= 15 is 0 Å². The number of alkyl halides is 2. The number of carbonyl (C=O) groups is 1. The van der Waals surface area contributed by atoms with E-state index in [2.05, 4.69) is 10.3 Å². The highest BCUT2D eigenvalue weighted by Gasteiger charge is 2.59. The molecule has 0 bridgehead atoms. The quantitative estimate of drug-likeness (QED) is 0.683. The summed E-state index contributed by atoms with van der Waals surface area (Å²) in [6.07, 6.45) is -2.43. The van der Waals surface area contributed by atoms with Crippen LogP contribution in [0.25, 0.3) is 0 Å². The van der Waals surface area contributed by atoms with Crippen LogP contribution in [0.5, 0.6) is 0 Å². The number of fused-ring (bicyclic) bond motifs is 1. The van der Waals surface area contributed by atoms with E-state index in [1.54, 1.807) is 0 Å². The smallest absolute Gasteiger partial charge is 0.410 e. The van der Waals surface area contributed by atoms with Crippen molar-refractivity contribution in [2.24, 2.45) is 10.9 Å². The van der Waals surface area contributed by atoms with Crippen LogP contribution in [0.15, 0.2) is 23.2 Å². The maximum Gasteiger partial charge on any atom is 0.410 e. The van der Waals surface area contributed by atoms with Crippen molar-refractivity contribution in [1.29, 1.82) is 0 Å². The summed E-state index contributed by atoms with van der Waals surface area (Å²) in [5, 5.41) is 10.9. The first kappa shape index (κ1) is 16.0. The molecule has 4 N–H and O–H groups in total. The fraction of sp³-hybridized carbons (Fsp3) is 0.429. The molecule has 5 nitrogen and oxygen atoms in total. The first-order valence-electron chi connectivity index (χ1n) is 6.88. The summed E-state index contributed by atoms with van der Waals surface area (Å²) >= 11 is 1.04. The van der Waals surface area contributed by atoms with Crippen LogP contribution in [-0.4, -0.2) is 28.0 Å². The molecular weight excluding hydrogens is 331 g/mol. The number of amidine groups is 1. The van der Waals surface area contributed by atoms with Gasteiger partial charge in [0.1, 0.15) is 11.4 Å². The maximum absolute atomic E-state index is 14.3. The number of thioether (sulfide) groups is 1. The number of nitrogens with one attached hydrogen (secondary N) is 1. The summed E-state index contributed by atoms with van der Waals surface area (Å²) in [5.41, 5.74) is 4.40. The fourth-order valence-electron chi connectivity index (χ4n) is 3.27. The zero-order valence-electron chi connectivity index (χ0n) is 11.9. The van der Waals surface area contributed by atoms with E-state index in [-0.39, 0.29) is 22.2 Å². The van der Waals surface area contributed by atoms with Crippen molar-refractivity contribution in [2.75, 3.05) is 11.5 Å². The van der Waals surface area contributed by atoms with E-state index < -0.39 is 42.1 Å². The summed E-state index contributed by atoms with van der Waals surface area (Å²) in [6.45, 7) is 0. The molecule has 23 heavy (non-hydrogen) atoms. The second kappa shape index (κ2) is 5.33. The Hall–Kier alpha value is -1.90.